The van der Waals surface area contributed by atoms with Crippen LogP contribution in [0.15, 0.2) is 42.6 Å². The van der Waals surface area contributed by atoms with Crippen molar-refractivity contribution in [1.29, 1.82) is 0 Å². The molecule has 2 aromatic rings. The lowest BCUT2D eigenvalue weighted by Gasteiger charge is -2.11. The number of aromatic nitrogens is 1. The second-order valence-electron chi connectivity index (χ2n) is 5.91. The number of urea groups is 1. The molecule has 26 heavy (non-hydrogen) atoms. The summed E-state index contributed by atoms with van der Waals surface area (Å²) in [6.07, 6.45) is 3.53. The number of rotatable bonds is 7. The SMILES string of the molecule is O=C(CNC(=O)NCc1cccnc1Oc1cccc(F)c1)NC1CC1. The number of nitrogens with one attached hydrogen (secondary N) is 3. The number of amides is 3. The zero-order chi connectivity index (χ0) is 18.4. The van der Waals surface area contributed by atoms with Gasteiger partial charge in [-0.2, -0.15) is 0 Å². The van der Waals surface area contributed by atoms with Gasteiger partial charge < -0.3 is 20.7 Å². The molecule has 0 radical (unpaired) electrons. The maximum atomic E-state index is 13.3. The summed E-state index contributed by atoms with van der Waals surface area (Å²) in [6, 6.07) is 8.93. The van der Waals surface area contributed by atoms with Crippen LogP contribution >= 0.6 is 0 Å². The first kappa shape index (κ1) is 17.7. The Kier molecular flexibility index (Phi) is 5.62. The number of carbonyl (C=O) groups is 2. The molecule has 0 spiro atoms. The summed E-state index contributed by atoms with van der Waals surface area (Å²) in [7, 11) is 0. The van der Waals surface area contributed by atoms with Crippen LogP contribution in [-0.4, -0.2) is 29.5 Å². The summed E-state index contributed by atoms with van der Waals surface area (Å²) in [5.41, 5.74) is 0.620. The molecule has 0 bridgehead atoms. The lowest BCUT2D eigenvalue weighted by atomic mass is 10.2. The predicted octanol–water partition coefficient (Wildman–Crippen LogP) is 2.09. The van der Waals surface area contributed by atoms with E-state index in [1.165, 1.54) is 18.2 Å². The Hall–Kier alpha value is -3.16. The predicted molar refractivity (Wildman–Crippen MR) is 92.1 cm³/mol. The maximum Gasteiger partial charge on any atom is 0.315 e. The van der Waals surface area contributed by atoms with E-state index < -0.39 is 11.8 Å². The lowest BCUT2D eigenvalue weighted by molar-refractivity contribution is -0.120. The summed E-state index contributed by atoms with van der Waals surface area (Å²) in [5, 5.41) is 7.91. The standard InChI is InChI=1S/C18H19FN4O3/c19-13-4-1-5-15(9-13)26-17-12(3-2-8-20-17)10-21-18(25)22-11-16(24)23-14-6-7-14/h1-5,8-9,14H,6-7,10-11H2,(H,23,24)(H2,21,22,25). The van der Waals surface area contributed by atoms with E-state index >= 15 is 0 Å². The van der Waals surface area contributed by atoms with E-state index in [1.54, 1.807) is 24.4 Å². The highest BCUT2D eigenvalue weighted by Gasteiger charge is 2.23. The lowest BCUT2D eigenvalue weighted by Crippen LogP contribution is -2.42. The van der Waals surface area contributed by atoms with Crippen LogP contribution in [0.3, 0.4) is 0 Å². The van der Waals surface area contributed by atoms with Crippen LogP contribution in [0.5, 0.6) is 11.6 Å². The largest absolute Gasteiger partial charge is 0.439 e. The topological polar surface area (TPSA) is 92.4 Å². The van der Waals surface area contributed by atoms with Gasteiger partial charge in [-0.15, -0.1) is 0 Å². The molecule has 1 aliphatic rings. The van der Waals surface area contributed by atoms with Crippen molar-refractivity contribution in [3.8, 4) is 11.6 Å². The van der Waals surface area contributed by atoms with Gasteiger partial charge in [-0.3, -0.25) is 4.79 Å². The van der Waals surface area contributed by atoms with E-state index in [2.05, 4.69) is 20.9 Å². The summed E-state index contributed by atoms with van der Waals surface area (Å²) >= 11 is 0. The van der Waals surface area contributed by atoms with Crippen molar-refractivity contribution in [3.05, 3.63) is 54.0 Å². The number of pyridine rings is 1. The molecule has 1 aliphatic carbocycles. The van der Waals surface area contributed by atoms with Crippen LogP contribution in [0.1, 0.15) is 18.4 Å². The number of benzene rings is 1. The monoisotopic (exact) mass is 358 g/mol. The van der Waals surface area contributed by atoms with Crippen molar-refractivity contribution in [2.45, 2.75) is 25.4 Å². The van der Waals surface area contributed by atoms with Gasteiger partial charge in [-0.05, 0) is 31.0 Å². The summed E-state index contributed by atoms with van der Waals surface area (Å²) in [4.78, 5) is 27.5. The van der Waals surface area contributed by atoms with Gasteiger partial charge in [0.05, 0.1) is 6.54 Å². The van der Waals surface area contributed by atoms with Crippen LogP contribution in [0, 0.1) is 5.82 Å². The molecule has 1 aromatic carbocycles. The van der Waals surface area contributed by atoms with Crippen molar-refractivity contribution in [2.75, 3.05) is 6.54 Å². The molecule has 136 valence electrons. The second-order valence-corrected chi connectivity index (χ2v) is 5.91. The first-order valence-electron chi connectivity index (χ1n) is 8.28. The van der Waals surface area contributed by atoms with Crippen LogP contribution < -0.4 is 20.7 Å². The highest BCUT2D eigenvalue weighted by molar-refractivity contribution is 5.84. The van der Waals surface area contributed by atoms with E-state index in [1.807, 2.05) is 0 Å². The molecule has 8 heteroatoms. The third kappa shape index (κ3) is 5.44. The Morgan fingerprint density at radius 3 is 2.81 bits per heavy atom. The summed E-state index contributed by atoms with van der Waals surface area (Å²) in [6.45, 7) is 0.0661. The maximum absolute atomic E-state index is 13.3. The van der Waals surface area contributed by atoms with Crippen molar-refractivity contribution in [3.63, 3.8) is 0 Å². The molecule has 0 aliphatic heterocycles. The number of hydrogen-bond donors (Lipinski definition) is 3. The van der Waals surface area contributed by atoms with E-state index in [0.717, 1.165) is 12.8 Å². The first-order chi connectivity index (χ1) is 12.6. The highest BCUT2D eigenvalue weighted by Crippen LogP contribution is 2.23. The van der Waals surface area contributed by atoms with Crippen molar-refractivity contribution in [2.24, 2.45) is 0 Å². The molecule has 3 rings (SSSR count). The number of hydrogen-bond acceptors (Lipinski definition) is 4. The molecule has 7 nitrogen and oxygen atoms in total. The van der Waals surface area contributed by atoms with Gasteiger partial charge in [0.2, 0.25) is 11.8 Å². The Bertz CT molecular complexity index is 796. The van der Waals surface area contributed by atoms with Crippen LogP contribution in [0.4, 0.5) is 9.18 Å². The number of carbonyl (C=O) groups excluding carboxylic acids is 2. The minimum atomic E-state index is -0.475. The van der Waals surface area contributed by atoms with Crippen molar-refractivity contribution in [1.82, 2.24) is 20.9 Å². The zero-order valence-electron chi connectivity index (χ0n) is 14.0. The normalized spacial score (nSPS) is 13.0. The average Bonchev–Trinajstić information content (AvgIpc) is 3.43. The third-order valence-corrected chi connectivity index (χ3v) is 3.65. The van der Waals surface area contributed by atoms with Crippen LogP contribution in [0.25, 0.3) is 0 Å². The quantitative estimate of drug-likeness (QED) is 0.707. The Morgan fingerprint density at radius 2 is 2.04 bits per heavy atom. The molecule has 3 N–H and O–H groups in total. The molecular weight excluding hydrogens is 339 g/mol. The molecule has 0 saturated heterocycles. The van der Waals surface area contributed by atoms with Crippen LogP contribution in [0.2, 0.25) is 0 Å². The van der Waals surface area contributed by atoms with E-state index in [9.17, 15) is 14.0 Å². The van der Waals surface area contributed by atoms with E-state index in [4.69, 9.17) is 4.74 Å². The summed E-state index contributed by atoms with van der Waals surface area (Å²) < 4.78 is 18.8. The van der Waals surface area contributed by atoms with Gasteiger partial charge in [-0.25, -0.2) is 14.2 Å². The van der Waals surface area contributed by atoms with Crippen LogP contribution in [-0.2, 0) is 11.3 Å². The second kappa shape index (κ2) is 8.28. The Morgan fingerprint density at radius 1 is 1.19 bits per heavy atom. The zero-order valence-corrected chi connectivity index (χ0v) is 14.0. The average molecular weight is 358 g/mol. The van der Waals surface area contributed by atoms with Gasteiger partial charge in [0.1, 0.15) is 11.6 Å². The van der Waals surface area contributed by atoms with Gasteiger partial charge in [-0.1, -0.05) is 12.1 Å². The van der Waals surface area contributed by atoms with Gasteiger partial charge in [0, 0.05) is 30.4 Å². The Balaban J connectivity index is 1.51. The number of ether oxygens (including phenoxy) is 1. The molecule has 0 unspecified atom stereocenters. The fourth-order valence-electron chi connectivity index (χ4n) is 2.20. The fraction of sp³-hybridized carbons (Fsp3) is 0.278. The summed E-state index contributed by atoms with van der Waals surface area (Å²) in [5.74, 6) is -0.0443. The Labute approximate surface area is 150 Å². The van der Waals surface area contributed by atoms with Gasteiger partial charge >= 0.3 is 6.03 Å². The number of nitrogens with zero attached hydrogens (tertiary/aromatic N) is 1. The van der Waals surface area contributed by atoms with Gasteiger partial charge in [0.15, 0.2) is 0 Å². The van der Waals surface area contributed by atoms with Crippen molar-refractivity contribution >= 4 is 11.9 Å². The minimum Gasteiger partial charge on any atom is -0.439 e. The molecule has 1 saturated carbocycles. The van der Waals surface area contributed by atoms with E-state index in [0.29, 0.717) is 11.3 Å². The van der Waals surface area contributed by atoms with Crippen molar-refractivity contribution < 1.29 is 18.7 Å². The molecule has 1 aromatic heterocycles. The minimum absolute atomic E-state index is 0.0813. The molecular formula is C18H19FN4O3. The fourth-order valence-corrected chi connectivity index (χ4v) is 2.20. The highest BCUT2D eigenvalue weighted by atomic mass is 19.1. The number of halogens is 1. The molecule has 1 fully saturated rings. The molecule has 0 atom stereocenters. The van der Waals surface area contributed by atoms with E-state index in [-0.39, 0.29) is 30.9 Å². The molecule has 1 heterocycles. The first-order valence-corrected chi connectivity index (χ1v) is 8.28. The molecule has 3 amide bonds. The van der Waals surface area contributed by atoms with Gasteiger partial charge in [0.25, 0.3) is 0 Å². The smallest absolute Gasteiger partial charge is 0.315 e. The third-order valence-electron chi connectivity index (χ3n) is 3.65.